The first-order valence-electron chi connectivity index (χ1n) is 18.1. The Morgan fingerprint density at radius 1 is 0.510 bits per heavy atom. The minimum absolute atomic E-state index is 0.212. The maximum Gasteiger partial charge on any atom is 0.407 e. The molecule has 0 bridgehead atoms. The lowest BCUT2D eigenvalue weighted by molar-refractivity contribution is -0.0267. The first-order chi connectivity index (χ1) is 24.7. The summed E-state index contributed by atoms with van der Waals surface area (Å²) in [6, 6.07) is 9.51. The van der Waals surface area contributed by atoms with Crippen molar-refractivity contribution in [3.8, 4) is 0 Å². The van der Waals surface area contributed by atoms with E-state index in [2.05, 4.69) is 39.2 Å². The molecule has 0 aromatic heterocycles. The molecule has 15 heteroatoms. The van der Waals surface area contributed by atoms with E-state index in [-0.39, 0.29) is 11.6 Å². The molecule has 0 atom stereocenters. The van der Waals surface area contributed by atoms with Crippen LogP contribution in [0.5, 0.6) is 0 Å². The Morgan fingerprint density at radius 2 is 0.824 bits per heavy atom. The fourth-order valence-corrected chi connectivity index (χ4v) is 4.68. The number of alkyl carbamates (subject to hydrolysis) is 1. The second kappa shape index (κ2) is 32.9. The van der Waals surface area contributed by atoms with Gasteiger partial charge in [-0.15, -0.1) is 0 Å². The van der Waals surface area contributed by atoms with Gasteiger partial charge < -0.3 is 61.8 Å². The van der Waals surface area contributed by atoms with E-state index in [1.807, 2.05) is 30.3 Å². The molecule has 0 heterocycles. The molecule has 1 aromatic carbocycles. The first-order valence-corrected chi connectivity index (χ1v) is 21.0. The predicted molar refractivity (Wildman–Crippen MR) is 196 cm³/mol. The van der Waals surface area contributed by atoms with Crippen LogP contribution in [0.2, 0.25) is 18.1 Å². The van der Waals surface area contributed by atoms with Crippen LogP contribution in [0.15, 0.2) is 30.3 Å². The highest BCUT2D eigenvalue weighted by atomic mass is 28.4. The molecule has 0 unspecified atom stereocenters. The van der Waals surface area contributed by atoms with Gasteiger partial charge in [0.15, 0.2) is 8.32 Å². The van der Waals surface area contributed by atoms with E-state index >= 15 is 0 Å². The summed E-state index contributed by atoms with van der Waals surface area (Å²) >= 11 is 0. The third-order valence-corrected chi connectivity index (χ3v) is 12.1. The fraction of sp³-hybridized carbons (Fsp3) is 0.806. The highest BCUT2D eigenvalue weighted by Gasteiger charge is 2.36. The molecule has 51 heavy (non-hydrogen) atoms. The third kappa shape index (κ3) is 30.4. The number of ether oxygens (including phenoxy) is 11. The lowest BCUT2D eigenvalue weighted by Crippen LogP contribution is -2.41. The molecular formula is C36H67NO13Si. The van der Waals surface area contributed by atoms with Crippen molar-refractivity contribution in [3.63, 3.8) is 0 Å². The number of rotatable bonds is 36. The SMILES string of the molecule is CC(C)(C)[Si](C)(C)OCCOCCOCCOCCOCCOCCOCCOCCOCCOCCOCCNC(=O)OCc1ccccc1. The van der Waals surface area contributed by atoms with Gasteiger partial charge in [-0.05, 0) is 23.7 Å². The molecule has 0 fully saturated rings. The quantitative estimate of drug-likeness (QED) is 0.0779. The number of benzene rings is 1. The van der Waals surface area contributed by atoms with Crippen LogP contribution in [0.3, 0.4) is 0 Å². The van der Waals surface area contributed by atoms with Gasteiger partial charge in [0.2, 0.25) is 0 Å². The van der Waals surface area contributed by atoms with E-state index in [9.17, 15) is 4.79 Å². The standard InChI is InChI=1S/C36H67NO13Si/c1-36(2,3)51(4,5)50-32-31-48-30-29-47-28-27-46-26-25-45-24-23-44-22-21-43-20-19-42-18-17-41-16-15-40-14-13-39-12-11-37-35(38)49-33-34-9-7-6-8-10-34/h6-10H,11-33H2,1-5H3,(H,37,38). The average Bonchev–Trinajstić information content (AvgIpc) is 3.10. The Balaban J connectivity index is 1.66. The van der Waals surface area contributed by atoms with Crippen LogP contribution in [0, 0.1) is 0 Å². The molecule has 0 aliphatic rings. The van der Waals surface area contributed by atoms with Gasteiger partial charge in [-0.2, -0.15) is 0 Å². The van der Waals surface area contributed by atoms with Crippen molar-refractivity contribution >= 4 is 14.4 Å². The maximum atomic E-state index is 11.6. The summed E-state index contributed by atoms with van der Waals surface area (Å²) < 4.78 is 66.2. The van der Waals surface area contributed by atoms with E-state index in [0.29, 0.717) is 145 Å². The number of hydrogen-bond acceptors (Lipinski definition) is 13. The van der Waals surface area contributed by atoms with Crippen LogP contribution in [0.25, 0.3) is 0 Å². The van der Waals surface area contributed by atoms with Crippen LogP contribution in [-0.2, 0) is 63.1 Å². The van der Waals surface area contributed by atoms with Crippen LogP contribution in [0.4, 0.5) is 4.79 Å². The molecule has 0 saturated carbocycles. The fourth-order valence-electron chi connectivity index (χ4n) is 3.65. The number of amides is 1. The molecule has 14 nitrogen and oxygen atoms in total. The zero-order valence-electron chi connectivity index (χ0n) is 32.0. The predicted octanol–water partition coefficient (Wildman–Crippen LogP) is 4.10. The molecular weight excluding hydrogens is 682 g/mol. The number of carbonyl (C=O) groups excluding carboxylic acids is 1. The Bertz CT molecular complexity index is 909. The zero-order chi connectivity index (χ0) is 37.1. The molecule has 1 aromatic rings. The second-order valence-corrected chi connectivity index (χ2v) is 17.5. The Morgan fingerprint density at radius 3 is 1.16 bits per heavy atom. The molecule has 0 aliphatic carbocycles. The maximum absolute atomic E-state index is 11.6. The Labute approximate surface area is 307 Å². The van der Waals surface area contributed by atoms with E-state index in [4.69, 9.17) is 56.5 Å². The minimum atomic E-state index is -1.70. The molecule has 298 valence electrons. The molecule has 0 radical (unpaired) electrons. The van der Waals surface area contributed by atoms with E-state index in [1.165, 1.54) is 0 Å². The summed E-state index contributed by atoms with van der Waals surface area (Å²) in [4.78, 5) is 11.6. The van der Waals surface area contributed by atoms with Crippen LogP contribution in [0.1, 0.15) is 26.3 Å². The summed E-state index contributed by atoms with van der Waals surface area (Å²) in [6.07, 6.45) is -0.468. The summed E-state index contributed by atoms with van der Waals surface area (Å²) in [7, 11) is -1.70. The first kappa shape index (κ1) is 47.3. The van der Waals surface area contributed by atoms with Gasteiger partial charge in [0.05, 0.1) is 139 Å². The summed E-state index contributed by atoms with van der Waals surface area (Å²) in [6.45, 7) is 22.3. The van der Waals surface area contributed by atoms with E-state index in [1.54, 1.807) is 0 Å². The van der Waals surface area contributed by atoms with Crippen molar-refractivity contribution in [1.82, 2.24) is 5.32 Å². The van der Waals surface area contributed by atoms with Crippen LogP contribution >= 0.6 is 0 Å². The Hall–Kier alpha value is -1.73. The molecule has 1 amide bonds. The Kier molecular flexibility index (Phi) is 30.5. The molecule has 1 rings (SSSR count). The van der Waals surface area contributed by atoms with Crippen molar-refractivity contribution in [3.05, 3.63) is 35.9 Å². The lowest BCUT2D eigenvalue weighted by atomic mass is 10.2. The van der Waals surface area contributed by atoms with Crippen molar-refractivity contribution < 1.29 is 61.3 Å². The second-order valence-electron chi connectivity index (χ2n) is 12.7. The van der Waals surface area contributed by atoms with Gasteiger partial charge in [-0.25, -0.2) is 4.79 Å². The van der Waals surface area contributed by atoms with Gasteiger partial charge in [-0.1, -0.05) is 51.1 Å². The highest BCUT2D eigenvalue weighted by molar-refractivity contribution is 6.74. The van der Waals surface area contributed by atoms with Gasteiger partial charge in [0.25, 0.3) is 0 Å². The average molecular weight is 750 g/mol. The molecule has 0 aliphatic heterocycles. The molecule has 0 saturated heterocycles. The van der Waals surface area contributed by atoms with Gasteiger partial charge >= 0.3 is 6.09 Å². The lowest BCUT2D eigenvalue weighted by Gasteiger charge is -2.36. The van der Waals surface area contributed by atoms with Gasteiger partial charge in [0, 0.05) is 6.54 Å². The van der Waals surface area contributed by atoms with E-state index in [0.717, 1.165) is 5.56 Å². The summed E-state index contributed by atoms with van der Waals surface area (Å²) in [5, 5.41) is 2.86. The normalized spacial score (nSPS) is 12.0. The van der Waals surface area contributed by atoms with Crippen molar-refractivity contribution in [2.24, 2.45) is 0 Å². The summed E-state index contributed by atoms with van der Waals surface area (Å²) in [5.74, 6) is 0. The smallest absolute Gasteiger partial charge is 0.407 e. The van der Waals surface area contributed by atoms with Crippen molar-refractivity contribution in [2.45, 2.75) is 45.5 Å². The number of nitrogens with one attached hydrogen (secondary N) is 1. The zero-order valence-corrected chi connectivity index (χ0v) is 33.0. The van der Waals surface area contributed by atoms with Crippen LogP contribution < -0.4 is 5.32 Å². The topological polar surface area (TPSA) is 140 Å². The van der Waals surface area contributed by atoms with E-state index < -0.39 is 14.4 Å². The minimum Gasteiger partial charge on any atom is -0.445 e. The molecule has 0 spiro atoms. The number of hydrogen-bond donors (Lipinski definition) is 1. The van der Waals surface area contributed by atoms with Crippen molar-refractivity contribution in [2.75, 3.05) is 145 Å². The summed E-state index contributed by atoms with van der Waals surface area (Å²) in [5.41, 5.74) is 0.938. The monoisotopic (exact) mass is 749 g/mol. The van der Waals surface area contributed by atoms with Gasteiger partial charge in [0.1, 0.15) is 6.61 Å². The largest absolute Gasteiger partial charge is 0.445 e. The molecule has 1 N–H and O–H groups in total. The van der Waals surface area contributed by atoms with Crippen LogP contribution in [-0.4, -0.2) is 160 Å². The highest BCUT2D eigenvalue weighted by Crippen LogP contribution is 2.36. The van der Waals surface area contributed by atoms with Gasteiger partial charge in [-0.3, -0.25) is 0 Å². The third-order valence-electron chi connectivity index (χ3n) is 7.57. The van der Waals surface area contributed by atoms with Crippen molar-refractivity contribution in [1.29, 1.82) is 0 Å². The number of carbonyl (C=O) groups is 1.